The van der Waals surface area contributed by atoms with Crippen molar-refractivity contribution in [2.24, 2.45) is 5.92 Å². The maximum atomic E-state index is 10.6. The number of nitrogens with two attached hydrogens (primary N) is 1. The molecule has 0 aliphatic heterocycles. The van der Waals surface area contributed by atoms with E-state index in [0.717, 1.165) is 18.9 Å². The van der Waals surface area contributed by atoms with Gasteiger partial charge in [-0.25, -0.2) is 4.98 Å². The molecule has 92 valence electrons. The SMILES string of the molecule is Nc1cc([N+](=O)[O-])cc(NCCC2CCC2)n1. The maximum absolute atomic E-state index is 10.6. The van der Waals surface area contributed by atoms with Gasteiger partial charge in [0, 0.05) is 6.54 Å². The highest BCUT2D eigenvalue weighted by molar-refractivity contribution is 5.52. The van der Waals surface area contributed by atoms with Crippen LogP contribution in [0.25, 0.3) is 0 Å². The van der Waals surface area contributed by atoms with Gasteiger partial charge in [-0.3, -0.25) is 10.1 Å². The lowest BCUT2D eigenvalue weighted by Crippen LogP contribution is -2.16. The summed E-state index contributed by atoms with van der Waals surface area (Å²) in [7, 11) is 0. The number of hydrogen-bond acceptors (Lipinski definition) is 5. The number of anilines is 2. The van der Waals surface area contributed by atoms with Crippen molar-refractivity contribution in [3.05, 3.63) is 22.2 Å². The summed E-state index contributed by atoms with van der Waals surface area (Å²) in [5, 5.41) is 13.7. The fourth-order valence-electron chi connectivity index (χ4n) is 1.92. The highest BCUT2D eigenvalue weighted by atomic mass is 16.6. The molecule has 1 aliphatic rings. The number of nitrogens with zero attached hydrogens (tertiary/aromatic N) is 2. The fraction of sp³-hybridized carbons (Fsp3) is 0.545. The van der Waals surface area contributed by atoms with E-state index in [-0.39, 0.29) is 11.5 Å². The summed E-state index contributed by atoms with van der Waals surface area (Å²) in [6, 6.07) is 2.67. The molecule has 1 aromatic heterocycles. The van der Waals surface area contributed by atoms with E-state index in [0.29, 0.717) is 5.82 Å². The first-order valence-electron chi connectivity index (χ1n) is 5.81. The number of nitro groups is 1. The maximum Gasteiger partial charge on any atom is 0.276 e. The first-order valence-corrected chi connectivity index (χ1v) is 5.81. The predicted molar refractivity (Wildman–Crippen MR) is 65.8 cm³/mol. The third-order valence-electron chi connectivity index (χ3n) is 3.12. The van der Waals surface area contributed by atoms with Gasteiger partial charge in [0.05, 0.1) is 17.1 Å². The Hall–Kier alpha value is -1.85. The Bertz CT molecular complexity index is 418. The van der Waals surface area contributed by atoms with Gasteiger partial charge >= 0.3 is 0 Å². The zero-order chi connectivity index (χ0) is 12.3. The smallest absolute Gasteiger partial charge is 0.276 e. The topological polar surface area (TPSA) is 94.1 Å². The van der Waals surface area contributed by atoms with Gasteiger partial charge in [-0.15, -0.1) is 0 Å². The lowest BCUT2D eigenvalue weighted by molar-refractivity contribution is -0.384. The number of hydrogen-bond donors (Lipinski definition) is 2. The highest BCUT2D eigenvalue weighted by Crippen LogP contribution is 2.29. The molecule has 0 atom stereocenters. The molecule has 1 aromatic rings. The normalized spacial score (nSPS) is 15.3. The minimum atomic E-state index is -0.463. The summed E-state index contributed by atoms with van der Waals surface area (Å²) in [5.41, 5.74) is 5.49. The van der Waals surface area contributed by atoms with Crippen molar-refractivity contribution in [2.45, 2.75) is 25.7 Å². The Kier molecular flexibility index (Phi) is 3.41. The van der Waals surface area contributed by atoms with Crippen LogP contribution in [0.2, 0.25) is 0 Å². The van der Waals surface area contributed by atoms with Gasteiger partial charge in [-0.2, -0.15) is 0 Å². The molecule has 1 saturated carbocycles. The molecule has 3 N–H and O–H groups in total. The highest BCUT2D eigenvalue weighted by Gasteiger charge is 2.16. The molecule has 17 heavy (non-hydrogen) atoms. The minimum Gasteiger partial charge on any atom is -0.383 e. The first-order chi connectivity index (χ1) is 8.15. The number of pyridine rings is 1. The molecule has 0 amide bonds. The van der Waals surface area contributed by atoms with E-state index in [1.807, 2.05) is 0 Å². The molecule has 1 aliphatic carbocycles. The lowest BCUT2D eigenvalue weighted by atomic mass is 9.83. The largest absolute Gasteiger partial charge is 0.383 e. The van der Waals surface area contributed by atoms with Crippen LogP contribution in [-0.2, 0) is 0 Å². The molecule has 0 unspecified atom stereocenters. The molecule has 0 saturated heterocycles. The van der Waals surface area contributed by atoms with Crippen molar-refractivity contribution in [3.8, 4) is 0 Å². The zero-order valence-electron chi connectivity index (χ0n) is 9.56. The van der Waals surface area contributed by atoms with Crippen LogP contribution < -0.4 is 11.1 Å². The second-order valence-electron chi connectivity index (χ2n) is 4.40. The van der Waals surface area contributed by atoms with Crippen LogP contribution >= 0.6 is 0 Å². The fourth-order valence-corrected chi connectivity index (χ4v) is 1.92. The van der Waals surface area contributed by atoms with E-state index >= 15 is 0 Å². The van der Waals surface area contributed by atoms with Crippen molar-refractivity contribution in [1.29, 1.82) is 0 Å². The summed E-state index contributed by atoms with van der Waals surface area (Å²) < 4.78 is 0. The van der Waals surface area contributed by atoms with Crippen molar-refractivity contribution in [1.82, 2.24) is 4.98 Å². The molecular formula is C11H16N4O2. The monoisotopic (exact) mass is 236 g/mol. The van der Waals surface area contributed by atoms with E-state index in [4.69, 9.17) is 5.73 Å². The number of aromatic nitrogens is 1. The number of nitrogens with one attached hydrogen (secondary N) is 1. The molecule has 2 rings (SSSR count). The average molecular weight is 236 g/mol. The van der Waals surface area contributed by atoms with Gasteiger partial charge in [-0.1, -0.05) is 19.3 Å². The minimum absolute atomic E-state index is 0.0244. The summed E-state index contributed by atoms with van der Waals surface area (Å²) in [6.07, 6.45) is 5.01. The van der Waals surface area contributed by atoms with Gasteiger partial charge in [-0.05, 0) is 12.3 Å². The van der Waals surface area contributed by atoms with E-state index in [9.17, 15) is 10.1 Å². The molecule has 0 bridgehead atoms. The van der Waals surface area contributed by atoms with E-state index < -0.39 is 4.92 Å². The summed E-state index contributed by atoms with van der Waals surface area (Å²) in [5.74, 6) is 1.46. The molecule has 0 spiro atoms. The quantitative estimate of drug-likeness (QED) is 0.603. The summed E-state index contributed by atoms with van der Waals surface area (Å²) in [6.45, 7) is 0.790. The van der Waals surface area contributed by atoms with Crippen LogP contribution in [0.15, 0.2) is 12.1 Å². The molecule has 0 radical (unpaired) electrons. The Labute approximate surface area is 99.4 Å². The van der Waals surface area contributed by atoms with E-state index in [1.54, 1.807) is 0 Å². The van der Waals surface area contributed by atoms with Crippen LogP contribution in [0, 0.1) is 16.0 Å². The number of nitrogen functional groups attached to an aromatic ring is 1. The van der Waals surface area contributed by atoms with Gasteiger partial charge in [0.15, 0.2) is 0 Å². The Morgan fingerprint density at radius 1 is 1.53 bits per heavy atom. The number of rotatable bonds is 5. The Balaban J connectivity index is 1.92. The van der Waals surface area contributed by atoms with Crippen molar-refractivity contribution < 1.29 is 4.92 Å². The molecule has 1 heterocycles. The van der Waals surface area contributed by atoms with E-state index in [2.05, 4.69) is 10.3 Å². The van der Waals surface area contributed by atoms with Crippen LogP contribution in [0.4, 0.5) is 17.3 Å². The third-order valence-corrected chi connectivity index (χ3v) is 3.12. The summed E-state index contributed by atoms with van der Waals surface area (Å²) >= 11 is 0. The van der Waals surface area contributed by atoms with Crippen molar-refractivity contribution in [2.75, 3.05) is 17.6 Å². The van der Waals surface area contributed by atoms with Gasteiger partial charge in [0.25, 0.3) is 5.69 Å². The van der Waals surface area contributed by atoms with Gasteiger partial charge in [0.1, 0.15) is 11.6 Å². The van der Waals surface area contributed by atoms with Gasteiger partial charge in [0.2, 0.25) is 0 Å². The van der Waals surface area contributed by atoms with E-state index in [1.165, 1.54) is 31.4 Å². The molecule has 0 aromatic carbocycles. The van der Waals surface area contributed by atoms with Crippen LogP contribution in [0.1, 0.15) is 25.7 Å². The van der Waals surface area contributed by atoms with Crippen LogP contribution in [0.3, 0.4) is 0 Å². The molecule has 1 fully saturated rings. The zero-order valence-corrected chi connectivity index (χ0v) is 9.56. The predicted octanol–water partition coefficient (Wildman–Crippen LogP) is 2.17. The van der Waals surface area contributed by atoms with Crippen molar-refractivity contribution >= 4 is 17.3 Å². The molecule has 6 heteroatoms. The Morgan fingerprint density at radius 3 is 2.88 bits per heavy atom. The first kappa shape index (κ1) is 11.6. The lowest BCUT2D eigenvalue weighted by Gasteiger charge is -2.25. The van der Waals surface area contributed by atoms with Crippen molar-refractivity contribution in [3.63, 3.8) is 0 Å². The standard InChI is InChI=1S/C11H16N4O2/c12-10-6-9(15(16)17)7-11(14-10)13-5-4-8-2-1-3-8/h6-8H,1-5H2,(H3,12,13,14). The average Bonchev–Trinajstić information content (AvgIpc) is 2.21. The molecule has 6 nitrogen and oxygen atoms in total. The van der Waals surface area contributed by atoms with Crippen LogP contribution in [-0.4, -0.2) is 16.5 Å². The Morgan fingerprint density at radius 2 is 2.29 bits per heavy atom. The van der Waals surface area contributed by atoms with Gasteiger partial charge < -0.3 is 11.1 Å². The second-order valence-corrected chi connectivity index (χ2v) is 4.40. The second kappa shape index (κ2) is 4.99. The molecular weight excluding hydrogens is 220 g/mol. The van der Waals surface area contributed by atoms with Crippen LogP contribution in [0.5, 0.6) is 0 Å². The summed E-state index contributed by atoms with van der Waals surface area (Å²) in [4.78, 5) is 14.2. The third kappa shape index (κ3) is 3.05.